The zero-order valence-electron chi connectivity index (χ0n) is 33.0. The summed E-state index contributed by atoms with van der Waals surface area (Å²) < 4.78 is 33.3. The molecule has 1 aliphatic rings. The van der Waals surface area contributed by atoms with Gasteiger partial charge in [0.15, 0.2) is 6.10 Å². The van der Waals surface area contributed by atoms with E-state index in [9.17, 15) is 44.6 Å². The first kappa shape index (κ1) is 50.3. The van der Waals surface area contributed by atoms with Crippen molar-refractivity contribution in [2.45, 2.75) is 204 Å². The third-order valence-corrected chi connectivity index (χ3v) is 10.5. The van der Waals surface area contributed by atoms with E-state index < -0.39 is 75.7 Å². The van der Waals surface area contributed by atoms with Gasteiger partial charge in [0.1, 0.15) is 43.2 Å². The minimum Gasteiger partial charge on any atom is -0.462 e. The van der Waals surface area contributed by atoms with Crippen LogP contribution < -0.4 is 0 Å². The van der Waals surface area contributed by atoms with Crippen LogP contribution in [0.2, 0.25) is 0 Å². The van der Waals surface area contributed by atoms with Crippen LogP contribution >= 0.6 is 7.82 Å². The highest BCUT2D eigenvalue weighted by Gasteiger charge is 2.51. The number of aliphatic hydroxyl groups excluding tert-OH is 5. The lowest BCUT2D eigenvalue weighted by molar-refractivity contribution is -0.220. The van der Waals surface area contributed by atoms with Crippen molar-refractivity contribution in [2.24, 2.45) is 0 Å². The van der Waals surface area contributed by atoms with Crippen LogP contribution in [-0.2, 0) is 32.7 Å². The first-order chi connectivity index (χ1) is 25.9. The molecule has 1 rings (SSSR count). The Hall–Kier alpha value is -1.67. The Labute approximate surface area is 324 Å². The molecule has 1 aliphatic carbocycles. The molecule has 0 spiro atoms. The highest BCUT2D eigenvalue weighted by Crippen LogP contribution is 2.47. The van der Waals surface area contributed by atoms with Crippen LogP contribution in [0.3, 0.4) is 0 Å². The van der Waals surface area contributed by atoms with E-state index >= 15 is 0 Å². The topological polar surface area (TPSA) is 210 Å². The van der Waals surface area contributed by atoms with E-state index in [1.165, 1.54) is 51.4 Å². The van der Waals surface area contributed by atoms with Crippen molar-refractivity contribution >= 4 is 19.8 Å². The third-order valence-electron chi connectivity index (χ3n) is 9.55. The maximum Gasteiger partial charge on any atom is 0.472 e. The normalized spacial score (nSPS) is 23.5. The molecule has 6 unspecified atom stereocenters. The van der Waals surface area contributed by atoms with E-state index in [0.717, 1.165) is 70.6 Å². The summed E-state index contributed by atoms with van der Waals surface area (Å²) in [5, 5.41) is 49.9. The molecule has 0 amide bonds. The number of allylic oxidation sites excluding steroid dienone is 4. The average molecular weight is 793 g/mol. The van der Waals surface area contributed by atoms with E-state index in [-0.39, 0.29) is 12.8 Å². The molecule has 8 atom stereocenters. The highest BCUT2D eigenvalue weighted by molar-refractivity contribution is 7.47. The van der Waals surface area contributed by atoms with Gasteiger partial charge < -0.3 is 39.9 Å². The molecule has 316 valence electrons. The van der Waals surface area contributed by atoms with Gasteiger partial charge in [0.05, 0.1) is 6.61 Å². The van der Waals surface area contributed by atoms with E-state index in [1.54, 1.807) is 0 Å². The van der Waals surface area contributed by atoms with Gasteiger partial charge in [-0.1, -0.05) is 128 Å². The Morgan fingerprint density at radius 1 is 0.574 bits per heavy atom. The van der Waals surface area contributed by atoms with Crippen LogP contribution in [0.5, 0.6) is 0 Å². The second kappa shape index (κ2) is 31.4. The SMILES string of the molecule is CCCCC/C=C\C/C=C\CCCCCCCC(=O)OC[C@H](COP(=O)(O)OC1C(O)C(O)C(O)[C@@H](O)C1O)OC(=O)CCCCCCCCCCCC. The monoisotopic (exact) mass is 792 g/mol. The van der Waals surface area contributed by atoms with Gasteiger partial charge in [-0.3, -0.25) is 18.6 Å². The van der Waals surface area contributed by atoms with Gasteiger partial charge in [-0.05, 0) is 44.9 Å². The Morgan fingerprint density at radius 3 is 1.54 bits per heavy atom. The van der Waals surface area contributed by atoms with Gasteiger partial charge in [0, 0.05) is 12.8 Å². The van der Waals surface area contributed by atoms with E-state index in [2.05, 4.69) is 38.2 Å². The Bertz CT molecular complexity index is 1050. The van der Waals surface area contributed by atoms with Gasteiger partial charge in [-0.2, -0.15) is 0 Å². The third kappa shape index (κ3) is 24.1. The fourth-order valence-electron chi connectivity index (χ4n) is 6.14. The molecule has 0 aromatic rings. The summed E-state index contributed by atoms with van der Waals surface area (Å²) in [7, 11) is -5.11. The molecular formula is C40H73O13P. The Morgan fingerprint density at radius 2 is 1.00 bits per heavy atom. The molecule has 0 bridgehead atoms. The van der Waals surface area contributed by atoms with Crippen LogP contribution in [0.25, 0.3) is 0 Å². The van der Waals surface area contributed by atoms with Crippen molar-refractivity contribution in [3.05, 3.63) is 24.3 Å². The van der Waals surface area contributed by atoms with Gasteiger partial charge in [-0.15, -0.1) is 0 Å². The first-order valence-electron chi connectivity index (χ1n) is 20.6. The van der Waals surface area contributed by atoms with Crippen LogP contribution in [0.1, 0.15) is 162 Å². The van der Waals surface area contributed by atoms with E-state index in [1.807, 2.05) is 0 Å². The largest absolute Gasteiger partial charge is 0.472 e. The van der Waals surface area contributed by atoms with E-state index in [0.29, 0.717) is 12.8 Å². The smallest absolute Gasteiger partial charge is 0.462 e. The van der Waals surface area contributed by atoms with Crippen molar-refractivity contribution in [2.75, 3.05) is 13.2 Å². The van der Waals surface area contributed by atoms with E-state index in [4.69, 9.17) is 18.5 Å². The summed E-state index contributed by atoms with van der Waals surface area (Å²) in [6.45, 7) is 3.22. The predicted molar refractivity (Wildman–Crippen MR) is 207 cm³/mol. The molecule has 0 aliphatic heterocycles. The summed E-state index contributed by atoms with van der Waals surface area (Å²) in [4.78, 5) is 35.5. The number of rotatable bonds is 33. The maximum absolute atomic E-state index is 12.7. The lowest BCUT2D eigenvalue weighted by atomic mass is 9.85. The number of aliphatic hydroxyl groups is 5. The van der Waals surface area contributed by atoms with Crippen molar-refractivity contribution in [1.29, 1.82) is 0 Å². The Kier molecular flexibility index (Phi) is 29.3. The number of carbonyl (C=O) groups excluding carboxylic acids is 2. The summed E-state index contributed by atoms with van der Waals surface area (Å²) in [6.07, 6.45) is 18.2. The summed E-state index contributed by atoms with van der Waals surface area (Å²) in [5.74, 6) is -1.12. The number of phosphoric acid groups is 1. The minimum absolute atomic E-state index is 0.0960. The number of ether oxygens (including phenoxy) is 2. The molecule has 13 nitrogen and oxygen atoms in total. The average Bonchev–Trinajstić information content (AvgIpc) is 3.15. The minimum atomic E-state index is -5.11. The highest BCUT2D eigenvalue weighted by atomic mass is 31.2. The van der Waals surface area contributed by atoms with Crippen LogP contribution in [0.4, 0.5) is 0 Å². The maximum atomic E-state index is 12.7. The first-order valence-corrected chi connectivity index (χ1v) is 22.1. The van der Waals surface area contributed by atoms with Crippen molar-refractivity contribution in [3.8, 4) is 0 Å². The van der Waals surface area contributed by atoms with Gasteiger partial charge in [-0.25, -0.2) is 4.57 Å². The predicted octanol–water partition coefficient (Wildman–Crippen LogP) is 6.89. The molecule has 14 heteroatoms. The number of hydrogen-bond acceptors (Lipinski definition) is 12. The summed E-state index contributed by atoms with van der Waals surface area (Å²) >= 11 is 0. The molecule has 54 heavy (non-hydrogen) atoms. The molecule has 0 aromatic heterocycles. The van der Waals surface area contributed by atoms with Crippen LogP contribution in [-0.4, -0.2) is 98.3 Å². The zero-order valence-corrected chi connectivity index (χ0v) is 33.9. The standard InChI is InChI=1S/C40H73O13P/c1-3-5-7-9-11-13-15-16-17-18-19-21-22-24-26-28-33(41)50-30-32(52-34(42)29-27-25-23-20-14-12-10-8-6-4-2)31-51-54(48,49)53-40-38(46)36(44)35(43)37(45)39(40)47/h11,13,16-17,32,35-40,43-47H,3-10,12,14-15,18-31H2,1-2H3,(H,48,49)/b13-11-,17-16-/t32-,35?,36-,37?,38?,39?,40?/m1/s1. The van der Waals surface area contributed by atoms with Gasteiger partial charge >= 0.3 is 19.8 Å². The quantitative estimate of drug-likeness (QED) is 0.0173. The Balaban J connectivity index is 2.51. The molecule has 0 saturated heterocycles. The number of hydrogen-bond donors (Lipinski definition) is 6. The number of phosphoric ester groups is 1. The lowest BCUT2D eigenvalue weighted by Crippen LogP contribution is -2.64. The van der Waals surface area contributed by atoms with Crippen LogP contribution in [0.15, 0.2) is 24.3 Å². The number of esters is 2. The molecule has 6 N–H and O–H groups in total. The van der Waals surface area contributed by atoms with Crippen molar-refractivity contribution in [3.63, 3.8) is 0 Å². The fraction of sp³-hybridized carbons (Fsp3) is 0.850. The van der Waals surface area contributed by atoms with Crippen molar-refractivity contribution in [1.82, 2.24) is 0 Å². The number of carbonyl (C=O) groups is 2. The van der Waals surface area contributed by atoms with Crippen molar-refractivity contribution < 1.29 is 63.1 Å². The fourth-order valence-corrected chi connectivity index (χ4v) is 7.11. The lowest BCUT2D eigenvalue weighted by Gasteiger charge is -2.41. The van der Waals surface area contributed by atoms with Gasteiger partial charge in [0.25, 0.3) is 0 Å². The summed E-state index contributed by atoms with van der Waals surface area (Å²) in [6, 6.07) is 0. The molecule has 1 saturated carbocycles. The molecule has 0 radical (unpaired) electrons. The second-order valence-corrected chi connectivity index (χ2v) is 15.9. The molecule has 1 fully saturated rings. The van der Waals surface area contributed by atoms with Gasteiger partial charge in [0.2, 0.25) is 0 Å². The zero-order chi connectivity index (χ0) is 40.0. The second-order valence-electron chi connectivity index (χ2n) is 14.5. The molecule has 0 aromatic carbocycles. The molecule has 0 heterocycles. The molecular weight excluding hydrogens is 719 g/mol. The van der Waals surface area contributed by atoms with Crippen LogP contribution in [0, 0.1) is 0 Å². The number of unbranched alkanes of at least 4 members (excludes halogenated alkanes) is 17. The summed E-state index contributed by atoms with van der Waals surface area (Å²) in [5.41, 5.74) is 0.